The van der Waals surface area contributed by atoms with Crippen LogP contribution in [0.4, 0.5) is 23.5 Å². The Balaban J connectivity index is 1.39. The summed E-state index contributed by atoms with van der Waals surface area (Å²) in [5.41, 5.74) is -0.620. The predicted molar refractivity (Wildman–Crippen MR) is 108 cm³/mol. The Morgan fingerprint density at radius 1 is 1.22 bits per heavy atom. The van der Waals surface area contributed by atoms with Gasteiger partial charge in [-0.05, 0) is 25.0 Å². The molecule has 0 saturated heterocycles. The minimum absolute atomic E-state index is 0.00509. The topological polar surface area (TPSA) is 77.6 Å². The summed E-state index contributed by atoms with van der Waals surface area (Å²) in [5, 5.41) is 9.91. The highest BCUT2D eigenvalue weighted by molar-refractivity contribution is 6.32. The molecule has 32 heavy (non-hydrogen) atoms. The largest absolute Gasteiger partial charge is 0.436 e. The van der Waals surface area contributed by atoms with Crippen molar-refractivity contribution in [2.24, 2.45) is 0 Å². The Kier molecular flexibility index (Phi) is 6.13. The molecule has 1 aliphatic carbocycles. The average molecular weight is 491 g/mol. The lowest BCUT2D eigenvalue weighted by Crippen LogP contribution is -2.17. The van der Waals surface area contributed by atoms with Crippen molar-refractivity contribution in [3.05, 3.63) is 57.3 Å². The molecule has 7 nitrogen and oxygen atoms in total. The van der Waals surface area contributed by atoms with Crippen LogP contribution in [0.25, 0.3) is 0 Å². The molecule has 4 rings (SSSR count). The minimum Gasteiger partial charge on any atom is -0.293 e. The molecular formula is C19H16Cl2F4N6O. The number of hydrogen-bond acceptors (Lipinski definition) is 4. The van der Waals surface area contributed by atoms with E-state index in [4.69, 9.17) is 23.2 Å². The quantitative estimate of drug-likeness (QED) is 0.478. The third kappa shape index (κ3) is 4.88. The van der Waals surface area contributed by atoms with Gasteiger partial charge in [-0.1, -0.05) is 29.3 Å². The van der Waals surface area contributed by atoms with Gasteiger partial charge >= 0.3 is 6.18 Å². The fourth-order valence-corrected chi connectivity index (χ4v) is 3.84. The summed E-state index contributed by atoms with van der Waals surface area (Å²) in [6, 6.07) is 4.29. The molecule has 0 unspecified atom stereocenters. The zero-order valence-corrected chi connectivity index (χ0v) is 17.8. The van der Waals surface area contributed by atoms with E-state index in [1.54, 1.807) is 6.07 Å². The fraction of sp³-hybridized carbons (Fsp3) is 0.368. The van der Waals surface area contributed by atoms with Crippen molar-refractivity contribution < 1.29 is 22.4 Å². The number of anilines is 1. The summed E-state index contributed by atoms with van der Waals surface area (Å²) in [4.78, 5) is 16.2. The van der Waals surface area contributed by atoms with Gasteiger partial charge in [-0.2, -0.15) is 18.3 Å². The number of nitrogens with zero attached hydrogens (tertiary/aromatic N) is 5. The van der Waals surface area contributed by atoms with E-state index >= 15 is 0 Å². The average Bonchev–Trinajstić information content (AvgIpc) is 3.35. The molecule has 1 N–H and O–H groups in total. The number of aromatic nitrogens is 5. The predicted octanol–water partition coefficient (Wildman–Crippen LogP) is 4.89. The molecule has 0 radical (unpaired) electrons. The molecule has 2 aromatic heterocycles. The lowest BCUT2D eigenvalue weighted by atomic mass is 10.2. The number of carbonyl (C=O) groups is 1. The fourth-order valence-electron chi connectivity index (χ4n) is 3.22. The van der Waals surface area contributed by atoms with Gasteiger partial charge in [0.25, 0.3) is 0 Å². The van der Waals surface area contributed by atoms with Crippen molar-refractivity contribution in [2.45, 2.75) is 44.4 Å². The zero-order chi connectivity index (χ0) is 23.0. The maximum absolute atomic E-state index is 13.9. The first-order valence-corrected chi connectivity index (χ1v) is 10.3. The molecule has 1 aromatic carbocycles. The van der Waals surface area contributed by atoms with Crippen LogP contribution in [0.3, 0.4) is 0 Å². The van der Waals surface area contributed by atoms with Crippen molar-refractivity contribution in [3.63, 3.8) is 0 Å². The maximum atomic E-state index is 13.9. The van der Waals surface area contributed by atoms with Crippen LogP contribution < -0.4 is 5.32 Å². The second-order valence-electron chi connectivity index (χ2n) is 7.31. The normalized spacial score (nSPS) is 14.1. The van der Waals surface area contributed by atoms with Gasteiger partial charge < -0.3 is 0 Å². The first kappa shape index (κ1) is 22.5. The van der Waals surface area contributed by atoms with Crippen molar-refractivity contribution in [2.75, 3.05) is 5.32 Å². The van der Waals surface area contributed by atoms with E-state index in [2.05, 4.69) is 20.5 Å². The SMILES string of the molecule is O=C(CCn1nc(C(F)(F)F)c(Cl)c1C1CC1)Nc1ncn(Cc2c(F)cccc2Cl)n1. The molecule has 170 valence electrons. The van der Waals surface area contributed by atoms with Crippen LogP contribution in [-0.4, -0.2) is 30.5 Å². The molecule has 13 heteroatoms. The Morgan fingerprint density at radius 3 is 2.62 bits per heavy atom. The zero-order valence-electron chi connectivity index (χ0n) is 16.3. The summed E-state index contributed by atoms with van der Waals surface area (Å²) in [6.07, 6.45) is -2.09. The molecular weight excluding hydrogens is 475 g/mol. The van der Waals surface area contributed by atoms with E-state index < -0.39 is 28.6 Å². The van der Waals surface area contributed by atoms with Gasteiger partial charge in [0.2, 0.25) is 11.9 Å². The first-order valence-electron chi connectivity index (χ1n) is 9.59. The number of halogens is 6. The van der Waals surface area contributed by atoms with Gasteiger partial charge in [-0.3, -0.25) is 14.8 Å². The maximum Gasteiger partial charge on any atom is 0.436 e. The monoisotopic (exact) mass is 490 g/mol. The third-order valence-corrected chi connectivity index (χ3v) is 5.61. The van der Waals surface area contributed by atoms with Crippen LogP contribution in [0.2, 0.25) is 10.0 Å². The van der Waals surface area contributed by atoms with Gasteiger partial charge in [0.15, 0.2) is 5.69 Å². The van der Waals surface area contributed by atoms with Crippen molar-refractivity contribution in [3.8, 4) is 0 Å². The minimum atomic E-state index is -4.67. The van der Waals surface area contributed by atoms with Crippen LogP contribution in [0.1, 0.15) is 42.1 Å². The summed E-state index contributed by atoms with van der Waals surface area (Å²) >= 11 is 11.9. The molecule has 3 aromatic rings. The van der Waals surface area contributed by atoms with Gasteiger partial charge in [0.1, 0.15) is 12.1 Å². The molecule has 0 spiro atoms. The first-order chi connectivity index (χ1) is 15.1. The number of amides is 1. The van der Waals surface area contributed by atoms with Crippen LogP contribution in [-0.2, 0) is 24.1 Å². The summed E-state index contributed by atoms with van der Waals surface area (Å²) < 4.78 is 55.7. The Hall–Kier alpha value is -2.66. The number of carbonyl (C=O) groups excluding carboxylic acids is 1. The molecule has 0 aliphatic heterocycles. The van der Waals surface area contributed by atoms with Crippen molar-refractivity contribution in [1.82, 2.24) is 24.5 Å². The van der Waals surface area contributed by atoms with Crippen LogP contribution >= 0.6 is 23.2 Å². The van der Waals surface area contributed by atoms with E-state index in [0.717, 1.165) is 17.5 Å². The number of alkyl halides is 3. The number of hydrogen-bond donors (Lipinski definition) is 1. The van der Waals surface area contributed by atoms with E-state index in [0.29, 0.717) is 5.69 Å². The Labute approximate surface area is 189 Å². The molecule has 1 saturated carbocycles. The molecule has 0 atom stereocenters. The second-order valence-corrected chi connectivity index (χ2v) is 8.09. The lowest BCUT2D eigenvalue weighted by molar-refractivity contribution is -0.141. The van der Waals surface area contributed by atoms with E-state index in [9.17, 15) is 22.4 Å². The second kappa shape index (κ2) is 8.70. The standard InChI is InChI=1S/C19H16Cl2F4N6O/c20-12-2-1-3-13(22)11(12)8-30-9-26-18(29-30)27-14(32)6-7-31-16(10-4-5-10)15(21)17(28-31)19(23,24)25/h1-3,9-10H,4-8H2,(H,27,29,32). The van der Waals surface area contributed by atoms with Crippen LogP contribution in [0, 0.1) is 5.82 Å². The van der Waals surface area contributed by atoms with Gasteiger partial charge in [-0.25, -0.2) is 14.1 Å². The summed E-state index contributed by atoms with van der Waals surface area (Å²) in [7, 11) is 0. The van der Waals surface area contributed by atoms with Crippen LogP contribution in [0.5, 0.6) is 0 Å². The summed E-state index contributed by atoms with van der Waals surface area (Å²) in [5.74, 6) is -1.13. The van der Waals surface area contributed by atoms with Gasteiger partial charge in [-0.15, -0.1) is 5.10 Å². The van der Waals surface area contributed by atoms with Crippen molar-refractivity contribution in [1.29, 1.82) is 0 Å². The van der Waals surface area contributed by atoms with Crippen molar-refractivity contribution >= 4 is 35.1 Å². The van der Waals surface area contributed by atoms with Gasteiger partial charge in [0, 0.05) is 22.9 Å². The highest BCUT2D eigenvalue weighted by atomic mass is 35.5. The third-order valence-electron chi connectivity index (χ3n) is 4.88. The molecule has 2 heterocycles. The molecule has 1 amide bonds. The van der Waals surface area contributed by atoms with Gasteiger partial charge in [0.05, 0.1) is 23.8 Å². The highest BCUT2D eigenvalue weighted by Crippen LogP contribution is 2.46. The van der Waals surface area contributed by atoms with Crippen LogP contribution in [0.15, 0.2) is 24.5 Å². The van der Waals surface area contributed by atoms with E-state index in [1.807, 2.05) is 0 Å². The molecule has 1 fully saturated rings. The number of nitrogens with one attached hydrogen (secondary N) is 1. The Bertz CT molecular complexity index is 1140. The smallest absolute Gasteiger partial charge is 0.293 e. The molecule has 0 bridgehead atoms. The highest BCUT2D eigenvalue weighted by Gasteiger charge is 2.42. The molecule has 1 aliphatic rings. The summed E-state index contributed by atoms with van der Waals surface area (Å²) in [6.45, 7) is -0.0792. The van der Waals surface area contributed by atoms with E-state index in [1.165, 1.54) is 23.1 Å². The lowest BCUT2D eigenvalue weighted by Gasteiger charge is -2.07. The number of rotatable bonds is 7. The Morgan fingerprint density at radius 2 is 1.97 bits per heavy atom. The number of aryl methyl sites for hydroxylation is 1. The number of benzene rings is 1. The van der Waals surface area contributed by atoms with E-state index in [-0.39, 0.29) is 42.0 Å².